The van der Waals surface area contributed by atoms with Crippen molar-refractivity contribution in [2.24, 2.45) is 0 Å². The molecular formula is C18H19NO6. The summed E-state index contributed by atoms with van der Waals surface area (Å²) in [5, 5.41) is 29.9. The van der Waals surface area contributed by atoms with Crippen molar-refractivity contribution >= 4 is 5.69 Å². The molecule has 7 heteroatoms. The molecule has 3 aromatic rings. The van der Waals surface area contributed by atoms with Gasteiger partial charge in [-0.1, -0.05) is 0 Å². The maximum atomic E-state index is 11.3. The van der Waals surface area contributed by atoms with E-state index in [1.807, 2.05) is 26.0 Å². The number of hydrogen-bond donors (Lipinski definition) is 3. The van der Waals surface area contributed by atoms with Crippen molar-refractivity contribution in [3.63, 3.8) is 0 Å². The zero-order valence-corrected chi connectivity index (χ0v) is 14.1. The van der Waals surface area contributed by atoms with Gasteiger partial charge in [-0.3, -0.25) is 0 Å². The van der Waals surface area contributed by atoms with E-state index in [1.165, 1.54) is 19.2 Å². The number of ether oxygens (including phenoxy) is 1. The van der Waals surface area contributed by atoms with Crippen LogP contribution in [0.5, 0.6) is 11.5 Å². The molecule has 0 bridgehead atoms. The number of rotatable bonds is 5. The zero-order chi connectivity index (χ0) is 18.1. The monoisotopic (exact) mass is 345 g/mol. The number of aromatic hydroxyl groups is 1. The Balaban J connectivity index is 2.20. The molecule has 0 spiro atoms. The topological polar surface area (TPSA) is 103 Å². The first-order chi connectivity index (χ1) is 11.9. The maximum absolute atomic E-state index is 11.3. The van der Waals surface area contributed by atoms with Crippen LogP contribution in [0.1, 0.15) is 34.5 Å². The van der Waals surface area contributed by atoms with Crippen molar-refractivity contribution in [1.29, 1.82) is 0 Å². The van der Waals surface area contributed by atoms with Crippen LogP contribution in [0.3, 0.4) is 0 Å². The summed E-state index contributed by atoms with van der Waals surface area (Å²) in [6.45, 7) is 3.64. The number of quaternary nitrogens is 1. The highest BCUT2D eigenvalue weighted by atomic mass is 16.8. The molecule has 0 aliphatic carbocycles. The second-order valence-electron chi connectivity index (χ2n) is 5.75. The van der Waals surface area contributed by atoms with Crippen LogP contribution in [0.4, 0.5) is 5.69 Å². The van der Waals surface area contributed by atoms with Crippen molar-refractivity contribution in [2.45, 2.75) is 19.8 Å². The fourth-order valence-corrected chi connectivity index (χ4v) is 2.82. The minimum Gasteiger partial charge on any atom is -0.595 e. The molecule has 0 saturated carbocycles. The van der Waals surface area contributed by atoms with Crippen LogP contribution in [0, 0.1) is 19.1 Å². The van der Waals surface area contributed by atoms with E-state index in [9.17, 15) is 15.5 Å². The molecule has 2 heterocycles. The lowest BCUT2D eigenvalue weighted by Gasteiger charge is -2.19. The Bertz CT molecular complexity index is 839. The Hall–Kier alpha value is -2.74. The molecule has 7 nitrogen and oxygen atoms in total. The van der Waals surface area contributed by atoms with Crippen LogP contribution < -0.4 is 9.96 Å². The van der Waals surface area contributed by atoms with Gasteiger partial charge in [0.15, 0.2) is 5.75 Å². The minimum absolute atomic E-state index is 0.117. The average molecular weight is 345 g/mol. The third kappa shape index (κ3) is 3.25. The largest absolute Gasteiger partial charge is 0.595 e. The third-order valence-corrected chi connectivity index (χ3v) is 3.98. The summed E-state index contributed by atoms with van der Waals surface area (Å²) in [4.78, 5) is 0. The van der Waals surface area contributed by atoms with Crippen LogP contribution in [0.15, 0.2) is 45.2 Å². The highest BCUT2D eigenvalue weighted by Crippen LogP contribution is 2.41. The highest BCUT2D eigenvalue weighted by molar-refractivity contribution is 5.57. The first-order valence-electron chi connectivity index (χ1n) is 7.67. The summed E-state index contributed by atoms with van der Waals surface area (Å²) in [6.07, 6.45) is 0. The Labute approximate surface area is 144 Å². The number of aryl methyl sites for hydroxylation is 2. The standard InChI is InChI=1S/C18H19NO6/c1-10-4-6-15(24-10)18(16-7-5-11(2)25-16)12-8-17(23-3)13(19(21)22)9-14(12)20/h4-9,18-21H,1-3H3. The van der Waals surface area contributed by atoms with Gasteiger partial charge in [0.25, 0.3) is 0 Å². The van der Waals surface area contributed by atoms with Gasteiger partial charge < -0.3 is 23.9 Å². The smallest absolute Gasteiger partial charge is 0.209 e. The lowest BCUT2D eigenvalue weighted by Crippen LogP contribution is -2.99. The van der Waals surface area contributed by atoms with Gasteiger partial charge >= 0.3 is 0 Å². The van der Waals surface area contributed by atoms with Crippen LogP contribution in [-0.4, -0.2) is 17.4 Å². The molecular weight excluding hydrogens is 326 g/mol. The maximum Gasteiger partial charge on any atom is 0.209 e. The minimum atomic E-state index is -1.18. The fourth-order valence-electron chi connectivity index (χ4n) is 2.82. The predicted octanol–water partition coefficient (Wildman–Crippen LogP) is 2.79. The third-order valence-electron chi connectivity index (χ3n) is 3.98. The number of hydrogen-bond acceptors (Lipinski definition) is 6. The Kier molecular flexibility index (Phi) is 4.54. The number of nitrogens with one attached hydrogen (secondary N) is 1. The van der Waals surface area contributed by atoms with E-state index in [0.29, 0.717) is 17.1 Å². The number of phenolic OH excluding ortho intramolecular Hbond substituents is 1. The zero-order valence-electron chi connectivity index (χ0n) is 14.1. The molecule has 3 N–H and O–H groups in total. The van der Waals surface area contributed by atoms with Crippen molar-refractivity contribution in [3.8, 4) is 11.5 Å². The average Bonchev–Trinajstić information content (AvgIpc) is 3.18. The van der Waals surface area contributed by atoms with Crippen LogP contribution in [-0.2, 0) is 0 Å². The van der Waals surface area contributed by atoms with Gasteiger partial charge in [-0.15, -0.1) is 0 Å². The summed E-state index contributed by atoms with van der Waals surface area (Å²) in [5.74, 6) is 2.04. The van der Waals surface area contributed by atoms with Crippen LogP contribution in [0.2, 0.25) is 0 Å². The first kappa shape index (κ1) is 17.1. The number of methoxy groups -OCH3 is 1. The molecule has 1 unspecified atom stereocenters. The second kappa shape index (κ2) is 6.64. The lowest BCUT2D eigenvalue weighted by molar-refractivity contribution is -0.991. The summed E-state index contributed by atoms with van der Waals surface area (Å²) in [7, 11) is 1.38. The molecule has 0 aliphatic heterocycles. The van der Waals surface area contributed by atoms with Gasteiger partial charge in [-0.05, 0) is 44.2 Å². The molecule has 0 radical (unpaired) electrons. The predicted molar refractivity (Wildman–Crippen MR) is 88.3 cm³/mol. The summed E-state index contributed by atoms with van der Waals surface area (Å²) in [5.41, 5.74) is 0.319. The van der Waals surface area contributed by atoms with E-state index in [2.05, 4.69) is 0 Å². The van der Waals surface area contributed by atoms with E-state index in [1.54, 1.807) is 12.1 Å². The molecule has 2 aromatic heterocycles. The summed E-state index contributed by atoms with van der Waals surface area (Å²) >= 11 is 0. The van der Waals surface area contributed by atoms with Gasteiger partial charge in [-0.2, -0.15) is 5.23 Å². The van der Waals surface area contributed by atoms with Gasteiger partial charge in [-0.25, -0.2) is 5.21 Å². The Morgan fingerprint density at radius 3 is 2.00 bits per heavy atom. The molecule has 0 fully saturated rings. The SMILES string of the molecule is COc1cc(C(c2ccc(C)o2)c2ccc(C)o2)c(O)cc1[NH+]([O-])O. The molecule has 25 heavy (non-hydrogen) atoms. The first-order valence-corrected chi connectivity index (χ1v) is 7.67. The number of furan rings is 2. The molecule has 132 valence electrons. The van der Waals surface area contributed by atoms with Crippen molar-refractivity contribution in [3.05, 3.63) is 70.2 Å². The highest BCUT2D eigenvalue weighted by Gasteiger charge is 2.28. The van der Waals surface area contributed by atoms with E-state index in [4.69, 9.17) is 13.6 Å². The van der Waals surface area contributed by atoms with Gasteiger partial charge in [0.05, 0.1) is 7.11 Å². The van der Waals surface area contributed by atoms with Crippen LogP contribution in [0.25, 0.3) is 0 Å². The fraction of sp³-hybridized carbons (Fsp3) is 0.222. The number of benzene rings is 1. The van der Waals surface area contributed by atoms with E-state index >= 15 is 0 Å². The van der Waals surface area contributed by atoms with E-state index < -0.39 is 11.1 Å². The summed E-state index contributed by atoms with van der Waals surface area (Å²) in [6, 6.07) is 9.91. The number of phenols is 1. The van der Waals surface area contributed by atoms with Gasteiger partial charge in [0, 0.05) is 11.6 Å². The normalized spacial score (nSPS) is 12.6. The molecule has 0 amide bonds. The van der Waals surface area contributed by atoms with Crippen molar-refractivity contribution in [1.82, 2.24) is 0 Å². The Morgan fingerprint density at radius 1 is 1.04 bits per heavy atom. The summed E-state index contributed by atoms with van der Waals surface area (Å²) < 4.78 is 16.7. The van der Waals surface area contributed by atoms with Gasteiger partial charge in [0.2, 0.25) is 5.69 Å². The lowest BCUT2D eigenvalue weighted by atomic mass is 9.92. The quantitative estimate of drug-likeness (QED) is 0.614. The second-order valence-corrected chi connectivity index (χ2v) is 5.75. The van der Waals surface area contributed by atoms with E-state index in [0.717, 1.165) is 11.5 Å². The Morgan fingerprint density at radius 2 is 1.60 bits per heavy atom. The molecule has 3 rings (SSSR count). The molecule has 0 saturated heterocycles. The molecule has 0 aliphatic rings. The van der Waals surface area contributed by atoms with Crippen molar-refractivity contribution in [2.75, 3.05) is 7.11 Å². The molecule has 1 atom stereocenters. The van der Waals surface area contributed by atoms with Crippen LogP contribution >= 0.6 is 0 Å². The van der Waals surface area contributed by atoms with E-state index in [-0.39, 0.29) is 17.2 Å². The van der Waals surface area contributed by atoms with Crippen molar-refractivity contribution < 1.29 is 29.1 Å². The molecule has 1 aromatic carbocycles. The van der Waals surface area contributed by atoms with Gasteiger partial charge in [0.1, 0.15) is 34.7 Å².